The second kappa shape index (κ2) is 10.3. The summed E-state index contributed by atoms with van der Waals surface area (Å²) in [6, 6.07) is 0. The summed E-state index contributed by atoms with van der Waals surface area (Å²) in [6.45, 7) is 17.6. The maximum Gasteiger partial charge on any atom is 0.410 e. The molecule has 2 aromatic rings. The predicted molar refractivity (Wildman–Crippen MR) is 127 cm³/mol. The zero-order valence-electron chi connectivity index (χ0n) is 20.2. The van der Waals surface area contributed by atoms with Gasteiger partial charge in [0.05, 0.1) is 36.2 Å². The third kappa shape index (κ3) is 5.87. The van der Waals surface area contributed by atoms with Crippen LogP contribution in [0.4, 0.5) is 4.79 Å². The minimum Gasteiger partial charge on any atom is -0.475 e. The van der Waals surface area contributed by atoms with Crippen molar-refractivity contribution in [2.75, 3.05) is 13.2 Å². The van der Waals surface area contributed by atoms with Gasteiger partial charge in [-0.2, -0.15) is 10.2 Å². The van der Waals surface area contributed by atoms with Crippen LogP contribution >= 0.6 is 0 Å². The normalized spacial score (nSPS) is 11.9. The summed E-state index contributed by atoms with van der Waals surface area (Å²) in [5, 5.41) is 8.80. The van der Waals surface area contributed by atoms with E-state index in [1.165, 1.54) is 0 Å². The number of ether oxygens (including phenoxy) is 2. The summed E-state index contributed by atoms with van der Waals surface area (Å²) in [7, 11) is 3.65. The lowest BCUT2D eigenvalue weighted by Gasteiger charge is -2.27. The first-order valence-electron chi connectivity index (χ1n) is 10.4. The van der Waals surface area contributed by atoms with E-state index in [2.05, 4.69) is 28.5 Å². The van der Waals surface area contributed by atoms with Crippen molar-refractivity contribution in [1.29, 1.82) is 0 Å². The molecule has 0 atom stereocenters. The third-order valence-corrected chi connectivity index (χ3v) is 4.86. The van der Waals surface area contributed by atoms with Gasteiger partial charge in [0.1, 0.15) is 12.2 Å². The fourth-order valence-corrected chi connectivity index (χ4v) is 3.18. The Kier molecular flexibility index (Phi) is 8.02. The van der Waals surface area contributed by atoms with Gasteiger partial charge in [-0.05, 0) is 41.3 Å². The molecule has 9 heteroatoms. The molecule has 0 saturated carbocycles. The number of aliphatic imine (C=N–C) groups is 1. The first-order chi connectivity index (χ1) is 15.0. The number of carbonyl (C=O) groups excluding carboxylic acids is 1. The molecule has 9 nitrogen and oxygen atoms in total. The van der Waals surface area contributed by atoms with E-state index >= 15 is 0 Å². The van der Waals surface area contributed by atoms with E-state index < -0.39 is 11.7 Å². The van der Waals surface area contributed by atoms with Crippen molar-refractivity contribution in [2.24, 2.45) is 19.1 Å². The number of rotatable bonds is 9. The quantitative estimate of drug-likeness (QED) is 0.548. The highest BCUT2D eigenvalue weighted by Gasteiger charge is 2.25. The molecule has 0 aliphatic rings. The van der Waals surface area contributed by atoms with Gasteiger partial charge in [-0.25, -0.2) is 9.48 Å². The van der Waals surface area contributed by atoms with Crippen LogP contribution in [0.15, 0.2) is 23.8 Å². The van der Waals surface area contributed by atoms with Crippen LogP contribution in [0.5, 0.6) is 5.88 Å². The minimum absolute atomic E-state index is 0.231. The Bertz CT molecular complexity index is 1010. The summed E-state index contributed by atoms with van der Waals surface area (Å²) in [6.07, 6.45) is 4.83. The van der Waals surface area contributed by atoms with Crippen molar-refractivity contribution in [1.82, 2.24) is 24.5 Å². The van der Waals surface area contributed by atoms with Gasteiger partial charge >= 0.3 is 6.09 Å². The van der Waals surface area contributed by atoms with Crippen molar-refractivity contribution in [3.8, 4) is 5.88 Å². The third-order valence-electron chi connectivity index (χ3n) is 4.86. The molecule has 0 unspecified atom stereocenters. The Morgan fingerprint density at radius 2 is 2.00 bits per heavy atom. The van der Waals surface area contributed by atoms with Crippen LogP contribution < -0.4 is 4.74 Å². The lowest BCUT2D eigenvalue weighted by atomic mass is 10.2. The first-order valence-corrected chi connectivity index (χ1v) is 10.4. The smallest absolute Gasteiger partial charge is 0.410 e. The van der Waals surface area contributed by atoms with Crippen molar-refractivity contribution in [3.05, 3.63) is 41.4 Å². The molecule has 2 aromatic heterocycles. The lowest BCUT2D eigenvalue weighted by molar-refractivity contribution is 0.0204. The standard InChI is InChI=1S/C23H34N6O3/c1-10-17-16(3)27(8)26-20(17)15-29(22(30)32-23(4,5)6)12-13-31-21-18(14-25-28(21)9)19(11-2)24-7/h10-11,14H,1,7,12-13,15H2,2-6,8-9H3/b19-11-. The van der Waals surface area contributed by atoms with Crippen molar-refractivity contribution < 1.29 is 14.3 Å². The minimum atomic E-state index is -0.622. The summed E-state index contributed by atoms with van der Waals surface area (Å²) in [5.74, 6) is 0.551. The SMILES string of the molecule is C=Cc1c(CN(CCOc2c(/C(=C/C)N=C)cnn2C)C(=O)OC(C)(C)C)nn(C)c1C. The fraction of sp³-hybridized carbons (Fsp3) is 0.478. The van der Waals surface area contributed by atoms with Gasteiger partial charge in [-0.3, -0.25) is 14.6 Å². The molecular weight excluding hydrogens is 408 g/mol. The summed E-state index contributed by atoms with van der Waals surface area (Å²) < 4.78 is 15.0. The van der Waals surface area contributed by atoms with E-state index in [1.807, 2.05) is 47.7 Å². The number of amides is 1. The average Bonchev–Trinajstić information content (AvgIpc) is 3.20. The van der Waals surface area contributed by atoms with E-state index in [0.717, 1.165) is 22.5 Å². The van der Waals surface area contributed by atoms with Gasteiger partial charge in [0.25, 0.3) is 0 Å². The van der Waals surface area contributed by atoms with E-state index in [4.69, 9.17) is 9.47 Å². The highest BCUT2D eigenvalue weighted by atomic mass is 16.6. The zero-order valence-corrected chi connectivity index (χ0v) is 20.2. The predicted octanol–water partition coefficient (Wildman–Crippen LogP) is 3.98. The molecule has 0 radical (unpaired) electrons. The highest BCUT2D eigenvalue weighted by Crippen LogP contribution is 2.26. The second-order valence-corrected chi connectivity index (χ2v) is 8.34. The molecule has 0 N–H and O–H groups in total. The molecule has 0 fully saturated rings. The second-order valence-electron chi connectivity index (χ2n) is 8.34. The molecule has 0 spiro atoms. The van der Waals surface area contributed by atoms with Crippen LogP contribution in [0.1, 0.15) is 50.2 Å². The molecule has 0 saturated heterocycles. The Labute approximate surface area is 190 Å². The number of hydrogen-bond donors (Lipinski definition) is 0. The molecule has 2 heterocycles. The Morgan fingerprint density at radius 1 is 1.31 bits per heavy atom. The molecular formula is C23H34N6O3. The van der Waals surface area contributed by atoms with Gasteiger partial charge in [0.15, 0.2) is 0 Å². The van der Waals surface area contributed by atoms with E-state index in [1.54, 1.807) is 33.6 Å². The van der Waals surface area contributed by atoms with Crippen molar-refractivity contribution in [3.63, 3.8) is 0 Å². The molecule has 2 rings (SSSR count). The van der Waals surface area contributed by atoms with Crippen molar-refractivity contribution in [2.45, 2.75) is 46.8 Å². The monoisotopic (exact) mass is 442 g/mol. The van der Waals surface area contributed by atoms with Crippen LogP contribution in [0, 0.1) is 6.92 Å². The molecule has 174 valence electrons. The number of aryl methyl sites for hydroxylation is 2. The number of nitrogens with zero attached hydrogens (tertiary/aromatic N) is 6. The number of hydrogen-bond acceptors (Lipinski definition) is 6. The molecule has 0 aliphatic carbocycles. The largest absolute Gasteiger partial charge is 0.475 e. The number of aromatic nitrogens is 4. The zero-order chi connectivity index (χ0) is 24.1. The average molecular weight is 443 g/mol. The van der Waals surface area contributed by atoms with Crippen molar-refractivity contribution >= 4 is 24.6 Å². The molecule has 32 heavy (non-hydrogen) atoms. The Morgan fingerprint density at radius 3 is 2.56 bits per heavy atom. The molecule has 0 bridgehead atoms. The molecule has 0 aliphatic heterocycles. The Balaban J connectivity index is 2.23. The van der Waals surface area contributed by atoms with Crippen LogP contribution in [0.25, 0.3) is 11.8 Å². The summed E-state index contributed by atoms with van der Waals surface area (Å²) in [5.41, 5.74) is 3.43. The van der Waals surface area contributed by atoms with Gasteiger partial charge in [0, 0.05) is 25.4 Å². The van der Waals surface area contributed by atoms with Crippen LogP contribution in [0.2, 0.25) is 0 Å². The molecule has 1 amide bonds. The maximum absolute atomic E-state index is 12.9. The van der Waals surface area contributed by atoms with Crippen LogP contribution in [0.3, 0.4) is 0 Å². The van der Waals surface area contributed by atoms with Gasteiger partial charge < -0.3 is 9.47 Å². The van der Waals surface area contributed by atoms with Gasteiger partial charge in [-0.1, -0.05) is 18.7 Å². The van der Waals surface area contributed by atoms with Gasteiger partial charge in [0.2, 0.25) is 5.88 Å². The van der Waals surface area contributed by atoms with Gasteiger partial charge in [-0.15, -0.1) is 0 Å². The number of allylic oxidation sites excluding steroid dienone is 1. The van der Waals surface area contributed by atoms with E-state index in [-0.39, 0.29) is 13.2 Å². The molecule has 0 aromatic carbocycles. The highest BCUT2D eigenvalue weighted by molar-refractivity contribution is 5.70. The summed E-state index contributed by atoms with van der Waals surface area (Å²) in [4.78, 5) is 18.5. The lowest BCUT2D eigenvalue weighted by Crippen LogP contribution is -2.39. The topological polar surface area (TPSA) is 86.8 Å². The van der Waals surface area contributed by atoms with E-state index in [9.17, 15) is 4.79 Å². The maximum atomic E-state index is 12.9. The Hall–Kier alpha value is -3.36. The fourth-order valence-electron chi connectivity index (χ4n) is 3.18. The first kappa shape index (κ1) is 24.9. The summed E-state index contributed by atoms with van der Waals surface area (Å²) >= 11 is 0. The van der Waals surface area contributed by atoms with Crippen LogP contribution in [-0.2, 0) is 25.4 Å². The van der Waals surface area contributed by atoms with E-state index in [0.29, 0.717) is 18.1 Å². The number of carbonyl (C=O) groups is 1. The van der Waals surface area contributed by atoms with Crippen LogP contribution in [-0.4, -0.2) is 56.0 Å².